The van der Waals surface area contributed by atoms with E-state index >= 15 is 0 Å². The highest BCUT2D eigenvalue weighted by Crippen LogP contribution is 2.43. The highest BCUT2D eigenvalue weighted by molar-refractivity contribution is 8.00. The van der Waals surface area contributed by atoms with Crippen LogP contribution in [0.4, 0.5) is 0 Å². The van der Waals surface area contributed by atoms with E-state index in [1.165, 1.54) is 6.42 Å². The predicted octanol–water partition coefficient (Wildman–Crippen LogP) is 1.26. The molecule has 2 aliphatic rings. The molecule has 1 atom stereocenters. The van der Waals surface area contributed by atoms with E-state index < -0.39 is 0 Å². The molecule has 0 radical (unpaired) electrons. The number of amides is 2. The Hall–Kier alpha value is -0.710. The summed E-state index contributed by atoms with van der Waals surface area (Å²) < 4.78 is 0.203. The molecule has 0 aromatic rings. The van der Waals surface area contributed by atoms with Gasteiger partial charge in [0, 0.05) is 11.3 Å². The first-order chi connectivity index (χ1) is 8.47. The lowest BCUT2D eigenvalue weighted by atomic mass is 9.83. The van der Waals surface area contributed by atoms with Gasteiger partial charge >= 0.3 is 0 Å². The molecule has 0 aromatic heterocycles. The van der Waals surface area contributed by atoms with Gasteiger partial charge in [-0.25, -0.2) is 0 Å². The van der Waals surface area contributed by atoms with Gasteiger partial charge in [-0.2, -0.15) is 11.8 Å². The highest BCUT2D eigenvalue weighted by Gasteiger charge is 2.42. The molecule has 1 N–H and O–H groups in total. The minimum atomic E-state index is -0.342. The van der Waals surface area contributed by atoms with Crippen LogP contribution in [0.15, 0.2) is 0 Å². The second-order valence-corrected chi connectivity index (χ2v) is 7.00. The van der Waals surface area contributed by atoms with Gasteiger partial charge in [-0.05, 0) is 25.0 Å². The molecule has 5 heteroatoms. The Morgan fingerprint density at radius 1 is 1.44 bits per heavy atom. The predicted molar refractivity (Wildman–Crippen MR) is 73.4 cm³/mol. The maximum absolute atomic E-state index is 12.3. The van der Waals surface area contributed by atoms with E-state index in [-0.39, 0.29) is 35.1 Å². The molecule has 0 spiro atoms. The number of carbonyl (C=O) groups is 2. The molecule has 1 saturated heterocycles. The van der Waals surface area contributed by atoms with Crippen molar-refractivity contribution in [3.63, 3.8) is 0 Å². The summed E-state index contributed by atoms with van der Waals surface area (Å²) in [4.78, 5) is 25.8. The first kappa shape index (κ1) is 13.7. The van der Waals surface area contributed by atoms with Crippen molar-refractivity contribution in [1.29, 1.82) is 0 Å². The van der Waals surface area contributed by atoms with E-state index in [0.717, 1.165) is 19.4 Å². The number of nitrogens with zero attached hydrogens (tertiary/aromatic N) is 1. The van der Waals surface area contributed by atoms with Crippen molar-refractivity contribution >= 4 is 23.6 Å². The van der Waals surface area contributed by atoms with Crippen molar-refractivity contribution < 1.29 is 9.59 Å². The maximum Gasteiger partial charge on any atom is 0.245 e. The summed E-state index contributed by atoms with van der Waals surface area (Å²) in [6, 6.07) is -0.342. The van der Waals surface area contributed by atoms with Crippen LogP contribution in [0.25, 0.3) is 0 Å². The second kappa shape index (κ2) is 5.11. The van der Waals surface area contributed by atoms with E-state index in [9.17, 15) is 9.59 Å². The van der Waals surface area contributed by atoms with Crippen LogP contribution < -0.4 is 5.32 Å². The molecule has 4 nitrogen and oxygen atoms in total. The molecule has 2 rings (SSSR count). The molecule has 1 heterocycles. The summed E-state index contributed by atoms with van der Waals surface area (Å²) in [6.07, 6.45) is 5.66. The lowest BCUT2D eigenvalue weighted by Gasteiger charge is -2.45. The van der Waals surface area contributed by atoms with Crippen LogP contribution in [-0.2, 0) is 9.59 Å². The number of thioether (sulfide) groups is 1. The van der Waals surface area contributed by atoms with E-state index in [4.69, 9.17) is 0 Å². The van der Waals surface area contributed by atoms with Crippen molar-refractivity contribution in [3.8, 4) is 0 Å². The van der Waals surface area contributed by atoms with Crippen LogP contribution in [0.5, 0.6) is 0 Å². The number of piperazine rings is 1. The van der Waals surface area contributed by atoms with E-state index in [2.05, 4.69) is 11.6 Å². The largest absolute Gasteiger partial charge is 0.343 e. The third-order valence-electron chi connectivity index (χ3n) is 4.07. The highest BCUT2D eigenvalue weighted by atomic mass is 32.2. The molecular formula is C13H22N2O2S. The zero-order valence-electron chi connectivity index (χ0n) is 11.4. The lowest BCUT2D eigenvalue weighted by Crippen LogP contribution is -2.62. The van der Waals surface area contributed by atoms with Gasteiger partial charge in [0.25, 0.3) is 0 Å². The van der Waals surface area contributed by atoms with E-state index in [0.29, 0.717) is 0 Å². The molecule has 0 aromatic carbocycles. The quantitative estimate of drug-likeness (QED) is 0.836. The smallest absolute Gasteiger partial charge is 0.245 e. The summed E-state index contributed by atoms with van der Waals surface area (Å²) in [5.74, 6) is 0.213. The number of hydrogen-bond acceptors (Lipinski definition) is 3. The molecule has 2 amide bonds. The normalized spacial score (nSPS) is 27.1. The average Bonchev–Trinajstić information content (AvgIpc) is 2.27. The Morgan fingerprint density at radius 3 is 2.56 bits per heavy atom. The minimum absolute atomic E-state index is 0.0242. The van der Waals surface area contributed by atoms with Crippen molar-refractivity contribution in [2.45, 2.75) is 43.9 Å². The van der Waals surface area contributed by atoms with Gasteiger partial charge in [0.15, 0.2) is 0 Å². The Bertz CT molecular complexity index is 347. The average molecular weight is 270 g/mol. The fraction of sp³-hybridized carbons (Fsp3) is 0.846. The molecule has 102 valence electrons. The third kappa shape index (κ3) is 2.51. The zero-order chi connectivity index (χ0) is 13.3. The number of hydrogen-bond donors (Lipinski definition) is 1. The summed E-state index contributed by atoms with van der Waals surface area (Å²) in [5, 5.41) is 2.80. The van der Waals surface area contributed by atoms with Crippen molar-refractivity contribution in [2.24, 2.45) is 5.92 Å². The number of nitrogens with one attached hydrogen (secondary N) is 1. The number of carbonyl (C=O) groups excluding carboxylic acids is 2. The standard InChI is InChI=1S/C13H22N2O2S/c1-9(2)11-12(17)15(7-10(16)14-11)8-13(18-3)5-4-6-13/h9,11H,4-8H2,1-3H3,(H,14,16). The Kier molecular flexibility index (Phi) is 3.90. The molecule has 1 aliphatic carbocycles. The van der Waals surface area contributed by atoms with Crippen molar-refractivity contribution in [2.75, 3.05) is 19.3 Å². The molecule has 1 aliphatic heterocycles. The summed E-state index contributed by atoms with van der Waals surface area (Å²) in [7, 11) is 0. The lowest BCUT2D eigenvalue weighted by molar-refractivity contribution is -0.146. The van der Waals surface area contributed by atoms with Gasteiger partial charge in [0.2, 0.25) is 11.8 Å². The van der Waals surface area contributed by atoms with Crippen molar-refractivity contribution in [1.82, 2.24) is 10.2 Å². The van der Waals surface area contributed by atoms with Crippen LogP contribution in [0.2, 0.25) is 0 Å². The van der Waals surface area contributed by atoms with Gasteiger partial charge in [-0.3, -0.25) is 9.59 Å². The van der Waals surface area contributed by atoms with Crippen LogP contribution in [0.3, 0.4) is 0 Å². The van der Waals surface area contributed by atoms with Crippen LogP contribution in [-0.4, -0.2) is 46.8 Å². The Balaban J connectivity index is 2.07. The van der Waals surface area contributed by atoms with Crippen LogP contribution in [0.1, 0.15) is 33.1 Å². The monoisotopic (exact) mass is 270 g/mol. The molecule has 2 fully saturated rings. The summed E-state index contributed by atoms with van der Waals surface area (Å²) in [6.45, 7) is 4.90. The van der Waals surface area contributed by atoms with Crippen LogP contribution >= 0.6 is 11.8 Å². The number of rotatable bonds is 4. The fourth-order valence-corrected chi connectivity index (χ4v) is 3.64. The summed E-state index contributed by atoms with van der Waals surface area (Å²) >= 11 is 1.84. The molecule has 18 heavy (non-hydrogen) atoms. The summed E-state index contributed by atoms with van der Waals surface area (Å²) in [5.41, 5.74) is 0. The first-order valence-corrected chi connectivity index (χ1v) is 7.83. The molecule has 0 bridgehead atoms. The molecular weight excluding hydrogens is 248 g/mol. The fourth-order valence-electron chi connectivity index (χ4n) is 2.66. The zero-order valence-corrected chi connectivity index (χ0v) is 12.2. The topological polar surface area (TPSA) is 49.4 Å². The Morgan fingerprint density at radius 2 is 2.11 bits per heavy atom. The third-order valence-corrected chi connectivity index (χ3v) is 5.48. The second-order valence-electron chi connectivity index (χ2n) is 5.72. The van der Waals surface area contributed by atoms with Gasteiger partial charge in [0.05, 0.1) is 6.54 Å². The van der Waals surface area contributed by atoms with Gasteiger partial charge in [-0.1, -0.05) is 20.3 Å². The van der Waals surface area contributed by atoms with Gasteiger partial charge in [-0.15, -0.1) is 0 Å². The molecule has 1 saturated carbocycles. The maximum atomic E-state index is 12.3. The minimum Gasteiger partial charge on any atom is -0.343 e. The van der Waals surface area contributed by atoms with Crippen molar-refractivity contribution in [3.05, 3.63) is 0 Å². The Labute approximate surface area is 113 Å². The first-order valence-electron chi connectivity index (χ1n) is 6.61. The van der Waals surface area contributed by atoms with E-state index in [1.807, 2.05) is 25.6 Å². The SMILES string of the molecule is CSC1(CN2CC(=O)NC(C(C)C)C2=O)CCC1. The van der Waals surface area contributed by atoms with Crippen LogP contribution in [0, 0.1) is 5.92 Å². The molecule has 1 unspecified atom stereocenters. The van der Waals surface area contributed by atoms with Gasteiger partial charge < -0.3 is 10.2 Å². The van der Waals surface area contributed by atoms with Gasteiger partial charge in [0.1, 0.15) is 6.04 Å². The van der Waals surface area contributed by atoms with E-state index in [1.54, 1.807) is 4.90 Å².